The number of halogens is 2. The number of rotatable bonds is 4. The molecule has 0 spiro atoms. The van der Waals surface area contributed by atoms with Gasteiger partial charge in [0.2, 0.25) is 0 Å². The first-order chi connectivity index (χ1) is 12.1. The van der Waals surface area contributed by atoms with Crippen molar-refractivity contribution in [2.75, 3.05) is 18.5 Å². The van der Waals surface area contributed by atoms with Crippen LogP contribution in [0.25, 0.3) is 11.1 Å². The predicted molar refractivity (Wildman–Crippen MR) is 97.3 cm³/mol. The average Bonchev–Trinajstić information content (AvgIpc) is 2.93. The average molecular weight is 382 g/mol. The van der Waals surface area contributed by atoms with Crippen molar-refractivity contribution in [2.24, 2.45) is 0 Å². The van der Waals surface area contributed by atoms with Gasteiger partial charge in [-0.15, -0.1) is 23.2 Å². The molecule has 0 aromatic heterocycles. The highest BCUT2D eigenvalue weighted by molar-refractivity contribution is 6.40. The number of benzene rings is 2. The van der Waals surface area contributed by atoms with Gasteiger partial charge in [0.05, 0.1) is 5.34 Å². The highest BCUT2D eigenvalue weighted by Gasteiger charge is 2.28. The second-order valence-corrected chi connectivity index (χ2v) is 5.98. The minimum atomic E-state index is -1.10. The Hall–Kier alpha value is -2.24. The third-order valence-corrected chi connectivity index (χ3v) is 3.73. The molecule has 2 N–H and O–H groups in total. The molecule has 0 unspecified atom stereocenters. The molecule has 5 nitrogen and oxygen atoms in total. The zero-order chi connectivity index (χ0) is 18.2. The lowest BCUT2D eigenvalue weighted by molar-refractivity contribution is -0.135. The maximum absolute atomic E-state index is 11.5. The molecule has 0 aliphatic heterocycles. The normalized spacial score (nSPS) is 11.6. The molecule has 2 aromatic rings. The summed E-state index contributed by atoms with van der Waals surface area (Å²) < 4.78 is 5.18. The highest BCUT2D eigenvalue weighted by Crippen LogP contribution is 2.44. The van der Waals surface area contributed by atoms with E-state index in [0.29, 0.717) is 0 Å². The number of carboxylic acid groups (broad SMARTS) is 1. The third-order valence-electron chi connectivity index (χ3n) is 3.73. The molecule has 2 aromatic carbocycles. The number of hydrogen-bond acceptors (Lipinski definition) is 3. The molecule has 132 valence electrons. The van der Waals surface area contributed by atoms with E-state index >= 15 is 0 Å². The standard InChI is InChI=1S/C17H15NO4.CH2Cl2/c19-16(20)9-18-17(21)22-10-15-13-7-3-1-5-11(13)12-6-2-4-8-14(12)15;2-1-3/h1-8,15H,9-10H2,(H,18,21)(H,19,20);1H2. The zero-order valence-corrected chi connectivity index (χ0v) is 14.8. The first kappa shape index (κ1) is 19.1. The summed E-state index contributed by atoms with van der Waals surface area (Å²) >= 11 is 9.53. The van der Waals surface area contributed by atoms with E-state index in [1.807, 2.05) is 36.4 Å². The largest absolute Gasteiger partial charge is 0.480 e. The van der Waals surface area contributed by atoms with Crippen molar-refractivity contribution in [3.63, 3.8) is 0 Å². The number of aliphatic carboxylic acids is 1. The number of carbonyl (C=O) groups excluding carboxylic acids is 1. The summed E-state index contributed by atoms with van der Waals surface area (Å²) in [6.45, 7) is -0.268. The summed E-state index contributed by atoms with van der Waals surface area (Å²) in [6.07, 6.45) is -0.718. The number of alkyl halides is 2. The summed E-state index contributed by atoms with van der Waals surface area (Å²) in [6, 6.07) is 16.1. The second kappa shape index (κ2) is 9.30. The number of amides is 1. The van der Waals surface area contributed by atoms with Crippen molar-refractivity contribution in [3.05, 3.63) is 59.7 Å². The van der Waals surface area contributed by atoms with E-state index in [-0.39, 0.29) is 17.9 Å². The van der Waals surface area contributed by atoms with E-state index in [0.717, 1.165) is 22.3 Å². The fourth-order valence-corrected chi connectivity index (χ4v) is 2.80. The SMILES string of the molecule is ClCCl.O=C(O)CNC(=O)OCC1c2ccccc2-c2ccccc21. The minimum absolute atomic E-state index is 0.0250. The Kier molecular flexibility index (Phi) is 7.10. The smallest absolute Gasteiger partial charge is 0.407 e. The molecule has 25 heavy (non-hydrogen) atoms. The summed E-state index contributed by atoms with van der Waals surface area (Å²) in [7, 11) is 0. The van der Waals surface area contributed by atoms with Crippen LogP contribution >= 0.6 is 23.2 Å². The fraction of sp³-hybridized carbons (Fsp3) is 0.222. The van der Waals surface area contributed by atoms with Crippen LogP contribution in [0.5, 0.6) is 0 Å². The summed E-state index contributed by atoms with van der Waals surface area (Å²) in [4.78, 5) is 22.0. The van der Waals surface area contributed by atoms with Gasteiger partial charge in [0, 0.05) is 5.92 Å². The van der Waals surface area contributed by atoms with E-state index in [4.69, 9.17) is 33.0 Å². The van der Waals surface area contributed by atoms with E-state index in [1.165, 1.54) is 0 Å². The summed E-state index contributed by atoms with van der Waals surface area (Å²) in [5.41, 5.74) is 4.54. The Labute approximate surface area is 155 Å². The van der Waals surface area contributed by atoms with Crippen LogP contribution in [0.3, 0.4) is 0 Å². The van der Waals surface area contributed by atoms with Crippen molar-refractivity contribution in [3.8, 4) is 11.1 Å². The van der Waals surface area contributed by atoms with E-state index in [2.05, 4.69) is 17.4 Å². The zero-order valence-electron chi connectivity index (χ0n) is 13.2. The molecule has 0 saturated heterocycles. The van der Waals surface area contributed by atoms with Crippen molar-refractivity contribution in [1.29, 1.82) is 0 Å². The van der Waals surface area contributed by atoms with Crippen molar-refractivity contribution in [2.45, 2.75) is 5.92 Å². The maximum Gasteiger partial charge on any atom is 0.407 e. The maximum atomic E-state index is 11.5. The number of alkyl carbamates (subject to hydrolysis) is 1. The summed E-state index contributed by atoms with van der Waals surface area (Å²) in [5.74, 6) is -1.13. The van der Waals surface area contributed by atoms with Gasteiger partial charge in [-0.2, -0.15) is 0 Å². The molecule has 0 heterocycles. The molecule has 1 amide bonds. The lowest BCUT2D eigenvalue weighted by Gasteiger charge is -2.14. The molecule has 1 aliphatic carbocycles. The Morgan fingerprint density at radius 3 is 1.96 bits per heavy atom. The van der Waals surface area contributed by atoms with Crippen LogP contribution in [0, 0.1) is 0 Å². The van der Waals surface area contributed by atoms with Gasteiger partial charge in [-0.25, -0.2) is 4.79 Å². The predicted octanol–water partition coefficient (Wildman–Crippen LogP) is 4.03. The van der Waals surface area contributed by atoms with Crippen molar-refractivity contribution < 1.29 is 19.4 Å². The minimum Gasteiger partial charge on any atom is -0.480 e. The Morgan fingerprint density at radius 2 is 1.48 bits per heavy atom. The number of carboxylic acids is 1. The monoisotopic (exact) mass is 381 g/mol. The van der Waals surface area contributed by atoms with E-state index < -0.39 is 18.6 Å². The lowest BCUT2D eigenvalue weighted by Crippen LogP contribution is -2.30. The Balaban J connectivity index is 0.000000701. The first-order valence-corrected chi connectivity index (χ1v) is 8.58. The Bertz CT molecular complexity index is 706. The van der Waals surface area contributed by atoms with Gasteiger partial charge in [-0.3, -0.25) is 4.79 Å². The van der Waals surface area contributed by atoms with Crippen LogP contribution in [-0.4, -0.2) is 35.7 Å². The van der Waals surface area contributed by atoms with E-state index in [9.17, 15) is 9.59 Å². The van der Waals surface area contributed by atoms with Gasteiger partial charge in [0.1, 0.15) is 13.2 Å². The van der Waals surface area contributed by atoms with Gasteiger partial charge in [0.25, 0.3) is 0 Å². The highest BCUT2D eigenvalue weighted by atomic mass is 35.5. The molecule has 0 fully saturated rings. The Morgan fingerprint density at radius 1 is 1.00 bits per heavy atom. The van der Waals surface area contributed by atoms with E-state index in [1.54, 1.807) is 0 Å². The van der Waals surface area contributed by atoms with Crippen molar-refractivity contribution in [1.82, 2.24) is 5.32 Å². The van der Waals surface area contributed by atoms with Crippen LogP contribution in [0.1, 0.15) is 17.0 Å². The number of carbonyl (C=O) groups is 2. The fourth-order valence-electron chi connectivity index (χ4n) is 2.80. The first-order valence-electron chi connectivity index (χ1n) is 7.51. The third kappa shape index (κ3) is 4.87. The summed E-state index contributed by atoms with van der Waals surface area (Å²) in [5, 5.41) is 10.9. The number of hydrogen-bond donors (Lipinski definition) is 2. The number of ether oxygens (including phenoxy) is 1. The second-order valence-electron chi connectivity index (χ2n) is 5.17. The van der Waals surface area contributed by atoms with Crippen LogP contribution in [-0.2, 0) is 9.53 Å². The van der Waals surface area contributed by atoms with Crippen LogP contribution in [0.2, 0.25) is 0 Å². The van der Waals surface area contributed by atoms with Crippen LogP contribution in [0.15, 0.2) is 48.5 Å². The van der Waals surface area contributed by atoms with Gasteiger partial charge in [-0.05, 0) is 22.3 Å². The molecular weight excluding hydrogens is 365 g/mol. The van der Waals surface area contributed by atoms with Crippen LogP contribution < -0.4 is 5.32 Å². The molecule has 0 radical (unpaired) electrons. The molecule has 0 bridgehead atoms. The van der Waals surface area contributed by atoms with Gasteiger partial charge in [0.15, 0.2) is 0 Å². The lowest BCUT2D eigenvalue weighted by atomic mass is 9.98. The molecule has 3 rings (SSSR count). The quantitative estimate of drug-likeness (QED) is 0.783. The molecule has 0 atom stereocenters. The van der Waals surface area contributed by atoms with Gasteiger partial charge >= 0.3 is 12.1 Å². The van der Waals surface area contributed by atoms with Gasteiger partial charge in [-0.1, -0.05) is 48.5 Å². The van der Waals surface area contributed by atoms with Gasteiger partial charge < -0.3 is 15.2 Å². The molecular formula is C18H17Cl2NO4. The topological polar surface area (TPSA) is 75.6 Å². The molecule has 1 aliphatic rings. The molecule has 7 heteroatoms. The number of fused-ring (bicyclic) bond motifs is 3. The number of nitrogens with one attached hydrogen (secondary N) is 1. The van der Waals surface area contributed by atoms with Crippen LogP contribution in [0.4, 0.5) is 4.79 Å². The molecule has 0 saturated carbocycles. The van der Waals surface area contributed by atoms with Crippen molar-refractivity contribution >= 4 is 35.3 Å².